The van der Waals surface area contributed by atoms with Crippen molar-refractivity contribution in [3.8, 4) is 0 Å². The van der Waals surface area contributed by atoms with Gasteiger partial charge in [-0.3, -0.25) is 4.79 Å². The fourth-order valence-corrected chi connectivity index (χ4v) is 2.40. The zero-order valence-corrected chi connectivity index (χ0v) is 12.5. The molecule has 0 aromatic heterocycles. The number of hydrogen-bond acceptors (Lipinski definition) is 2. The number of amides is 1. The maximum absolute atomic E-state index is 11.9. The summed E-state index contributed by atoms with van der Waals surface area (Å²) in [5, 5.41) is 6.35. The number of rotatable bonds is 4. The highest BCUT2D eigenvalue weighted by molar-refractivity contribution is 5.91. The van der Waals surface area contributed by atoms with Crippen molar-refractivity contribution in [3.63, 3.8) is 0 Å². The molecule has 1 aliphatic heterocycles. The minimum absolute atomic E-state index is 0. The van der Waals surface area contributed by atoms with E-state index in [1.54, 1.807) is 0 Å². The van der Waals surface area contributed by atoms with Gasteiger partial charge in [-0.25, -0.2) is 0 Å². The summed E-state index contributed by atoms with van der Waals surface area (Å²) in [6.45, 7) is 6.28. The van der Waals surface area contributed by atoms with E-state index in [0.29, 0.717) is 12.3 Å². The van der Waals surface area contributed by atoms with Crippen LogP contribution in [-0.4, -0.2) is 19.0 Å². The molecule has 2 rings (SSSR count). The number of anilines is 1. The van der Waals surface area contributed by atoms with E-state index in [1.807, 2.05) is 19.1 Å². The fourth-order valence-electron chi connectivity index (χ4n) is 2.40. The normalized spacial score (nSPS) is 17.9. The quantitative estimate of drug-likeness (QED) is 0.891. The SMILES string of the molecule is Cc1cccc(NC(=O)CCC2CCNC2)c1C.Cl. The average Bonchev–Trinajstić information content (AvgIpc) is 2.86. The van der Waals surface area contributed by atoms with E-state index < -0.39 is 0 Å². The average molecular weight is 283 g/mol. The van der Waals surface area contributed by atoms with Gasteiger partial charge >= 0.3 is 0 Å². The smallest absolute Gasteiger partial charge is 0.224 e. The molecule has 3 nitrogen and oxygen atoms in total. The van der Waals surface area contributed by atoms with Gasteiger partial charge in [-0.1, -0.05) is 12.1 Å². The number of hydrogen-bond donors (Lipinski definition) is 2. The lowest BCUT2D eigenvalue weighted by atomic mass is 10.0. The van der Waals surface area contributed by atoms with Crippen molar-refractivity contribution in [1.29, 1.82) is 0 Å². The van der Waals surface area contributed by atoms with Gasteiger partial charge in [-0.2, -0.15) is 0 Å². The van der Waals surface area contributed by atoms with Crippen LogP contribution in [0.5, 0.6) is 0 Å². The molecule has 1 amide bonds. The number of halogens is 1. The van der Waals surface area contributed by atoms with Crippen LogP contribution < -0.4 is 10.6 Å². The molecule has 1 heterocycles. The predicted octanol–water partition coefficient (Wildman–Crippen LogP) is 3.05. The molecule has 1 atom stereocenters. The van der Waals surface area contributed by atoms with Gasteiger partial charge in [0.05, 0.1) is 0 Å². The van der Waals surface area contributed by atoms with Crippen LogP contribution in [0.4, 0.5) is 5.69 Å². The van der Waals surface area contributed by atoms with Crippen molar-refractivity contribution in [2.24, 2.45) is 5.92 Å². The Bertz CT molecular complexity index is 428. The van der Waals surface area contributed by atoms with Crippen LogP contribution in [0.1, 0.15) is 30.4 Å². The summed E-state index contributed by atoms with van der Waals surface area (Å²) in [6.07, 6.45) is 2.82. The summed E-state index contributed by atoms with van der Waals surface area (Å²) in [4.78, 5) is 11.9. The van der Waals surface area contributed by atoms with Crippen LogP contribution in [0.2, 0.25) is 0 Å². The van der Waals surface area contributed by atoms with Crippen molar-refractivity contribution >= 4 is 24.0 Å². The molecule has 4 heteroatoms. The van der Waals surface area contributed by atoms with E-state index in [9.17, 15) is 4.79 Å². The Balaban J connectivity index is 0.00000180. The minimum Gasteiger partial charge on any atom is -0.326 e. The zero-order chi connectivity index (χ0) is 13.0. The van der Waals surface area contributed by atoms with Crippen LogP contribution >= 0.6 is 12.4 Å². The van der Waals surface area contributed by atoms with Crippen LogP contribution in [0.3, 0.4) is 0 Å². The molecular weight excluding hydrogens is 260 g/mol. The summed E-state index contributed by atoms with van der Waals surface area (Å²) in [5.41, 5.74) is 3.32. The fraction of sp³-hybridized carbons (Fsp3) is 0.533. The molecule has 0 bridgehead atoms. The van der Waals surface area contributed by atoms with Crippen molar-refractivity contribution in [2.45, 2.75) is 33.1 Å². The molecule has 0 spiro atoms. The molecule has 0 aliphatic carbocycles. The Hall–Kier alpha value is -1.06. The lowest BCUT2D eigenvalue weighted by Gasteiger charge is -2.11. The monoisotopic (exact) mass is 282 g/mol. The van der Waals surface area contributed by atoms with E-state index in [1.165, 1.54) is 12.0 Å². The van der Waals surface area contributed by atoms with Gasteiger partial charge in [0.1, 0.15) is 0 Å². The number of carbonyl (C=O) groups is 1. The number of nitrogens with one attached hydrogen (secondary N) is 2. The van der Waals surface area contributed by atoms with Crippen LogP contribution in [0.15, 0.2) is 18.2 Å². The van der Waals surface area contributed by atoms with Gasteiger partial charge in [0.2, 0.25) is 5.91 Å². The third kappa shape index (κ3) is 4.51. The summed E-state index contributed by atoms with van der Waals surface area (Å²) in [5.74, 6) is 0.810. The standard InChI is InChI=1S/C15H22N2O.ClH/c1-11-4-3-5-14(12(11)2)17-15(18)7-6-13-8-9-16-10-13;/h3-5,13,16H,6-10H2,1-2H3,(H,17,18);1H. The Kier molecular flexibility index (Phi) is 6.32. The van der Waals surface area contributed by atoms with Gasteiger partial charge in [-0.15, -0.1) is 12.4 Å². The molecule has 2 N–H and O–H groups in total. The van der Waals surface area contributed by atoms with Crippen molar-refractivity contribution in [2.75, 3.05) is 18.4 Å². The van der Waals surface area contributed by atoms with Crippen molar-refractivity contribution < 1.29 is 4.79 Å². The first-order chi connectivity index (χ1) is 8.66. The second-order valence-corrected chi connectivity index (χ2v) is 5.19. The lowest BCUT2D eigenvalue weighted by molar-refractivity contribution is -0.116. The van der Waals surface area contributed by atoms with E-state index in [4.69, 9.17) is 0 Å². The summed E-state index contributed by atoms with van der Waals surface area (Å²) < 4.78 is 0. The molecule has 1 unspecified atom stereocenters. The lowest BCUT2D eigenvalue weighted by Crippen LogP contribution is -2.15. The van der Waals surface area contributed by atoms with Crippen LogP contribution in [0.25, 0.3) is 0 Å². The summed E-state index contributed by atoms with van der Waals surface area (Å²) in [7, 11) is 0. The van der Waals surface area contributed by atoms with Crippen LogP contribution in [-0.2, 0) is 4.79 Å². The predicted molar refractivity (Wildman–Crippen MR) is 82.0 cm³/mol. The molecule has 19 heavy (non-hydrogen) atoms. The second kappa shape index (κ2) is 7.51. The van der Waals surface area contributed by atoms with Gasteiger partial charge in [0.25, 0.3) is 0 Å². The number of aryl methyl sites for hydroxylation is 1. The molecule has 106 valence electrons. The second-order valence-electron chi connectivity index (χ2n) is 5.19. The minimum atomic E-state index is 0. The van der Waals surface area contributed by atoms with Gasteiger partial charge in [0.15, 0.2) is 0 Å². The Labute approximate surface area is 121 Å². The zero-order valence-electron chi connectivity index (χ0n) is 11.7. The topological polar surface area (TPSA) is 41.1 Å². The molecule has 1 aliphatic rings. The molecule has 1 aromatic rings. The third-order valence-corrected chi connectivity index (χ3v) is 3.82. The van der Waals surface area contributed by atoms with Gasteiger partial charge in [0, 0.05) is 12.1 Å². The maximum atomic E-state index is 11.9. The number of carbonyl (C=O) groups excluding carboxylic acids is 1. The first-order valence-electron chi connectivity index (χ1n) is 6.73. The summed E-state index contributed by atoms with van der Waals surface area (Å²) in [6, 6.07) is 6.02. The van der Waals surface area contributed by atoms with Gasteiger partial charge < -0.3 is 10.6 Å². The van der Waals surface area contributed by atoms with E-state index in [2.05, 4.69) is 23.6 Å². The molecule has 1 aromatic carbocycles. The van der Waals surface area contributed by atoms with E-state index >= 15 is 0 Å². The Morgan fingerprint density at radius 2 is 2.21 bits per heavy atom. The Morgan fingerprint density at radius 3 is 2.89 bits per heavy atom. The Morgan fingerprint density at radius 1 is 1.42 bits per heavy atom. The molecule has 1 fully saturated rings. The molecular formula is C15H23ClN2O. The highest BCUT2D eigenvalue weighted by atomic mass is 35.5. The maximum Gasteiger partial charge on any atom is 0.224 e. The van der Waals surface area contributed by atoms with Crippen molar-refractivity contribution in [3.05, 3.63) is 29.3 Å². The highest BCUT2D eigenvalue weighted by Crippen LogP contribution is 2.19. The first kappa shape index (κ1) is 16.0. The largest absolute Gasteiger partial charge is 0.326 e. The third-order valence-electron chi connectivity index (χ3n) is 3.82. The first-order valence-corrected chi connectivity index (χ1v) is 6.73. The molecule has 0 radical (unpaired) electrons. The number of benzene rings is 1. The van der Waals surface area contributed by atoms with E-state index in [0.717, 1.165) is 30.8 Å². The highest BCUT2D eigenvalue weighted by Gasteiger charge is 2.15. The molecule has 0 saturated carbocycles. The van der Waals surface area contributed by atoms with Gasteiger partial charge in [-0.05, 0) is 62.9 Å². The van der Waals surface area contributed by atoms with Crippen molar-refractivity contribution in [1.82, 2.24) is 5.32 Å². The molecule has 1 saturated heterocycles. The summed E-state index contributed by atoms with van der Waals surface area (Å²) >= 11 is 0. The van der Waals surface area contributed by atoms with E-state index in [-0.39, 0.29) is 18.3 Å². The van der Waals surface area contributed by atoms with Crippen LogP contribution in [0, 0.1) is 19.8 Å².